The standard InChI is InChI=1S/C22H19ClN4O3/c23-16-4-1-2-6-19(16)29-13-20-25-17(9-24)22(30-20)26-10-14-8-15(12-26)18-5-3-7-21(28)27(18)11-14/h1-7,14-15H,8,10-13H2/t14-,15+/m0/s1. The average Bonchev–Trinajstić information content (AvgIpc) is 3.17. The van der Waals surface area contributed by atoms with Crippen LogP contribution in [-0.2, 0) is 13.2 Å². The monoisotopic (exact) mass is 422 g/mol. The van der Waals surface area contributed by atoms with Gasteiger partial charge in [-0.05, 0) is 30.5 Å². The molecule has 5 rings (SSSR count). The highest BCUT2D eigenvalue weighted by molar-refractivity contribution is 6.32. The van der Waals surface area contributed by atoms with E-state index in [0.717, 1.165) is 12.1 Å². The third-order valence-corrected chi connectivity index (χ3v) is 6.03. The van der Waals surface area contributed by atoms with Gasteiger partial charge >= 0.3 is 0 Å². The molecule has 2 aliphatic rings. The van der Waals surface area contributed by atoms with Crippen LogP contribution in [0.1, 0.15) is 29.6 Å². The van der Waals surface area contributed by atoms with Crippen LogP contribution >= 0.6 is 11.6 Å². The van der Waals surface area contributed by atoms with Crippen molar-refractivity contribution >= 4 is 17.5 Å². The molecule has 1 fully saturated rings. The summed E-state index contributed by atoms with van der Waals surface area (Å²) in [5.74, 6) is 1.86. The molecule has 7 nitrogen and oxygen atoms in total. The third-order valence-electron chi connectivity index (χ3n) is 5.71. The van der Waals surface area contributed by atoms with Crippen molar-refractivity contribution in [3.8, 4) is 11.8 Å². The van der Waals surface area contributed by atoms with Gasteiger partial charge in [0.2, 0.25) is 17.5 Å². The average molecular weight is 423 g/mol. The zero-order chi connectivity index (χ0) is 20.7. The number of hydrogen-bond acceptors (Lipinski definition) is 6. The number of ether oxygens (including phenoxy) is 1. The van der Waals surface area contributed by atoms with E-state index >= 15 is 0 Å². The van der Waals surface area contributed by atoms with Crippen LogP contribution < -0.4 is 15.2 Å². The fraction of sp³-hybridized carbons (Fsp3) is 0.318. The summed E-state index contributed by atoms with van der Waals surface area (Å²) in [5.41, 5.74) is 1.34. The van der Waals surface area contributed by atoms with E-state index in [2.05, 4.69) is 16.0 Å². The van der Waals surface area contributed by atoms with Crippen molar-refractivity contribution in [2.45, 2.75) is 25.5 Å². The normalized spacial score (nSPS) is 19.8. The smallest absolute Gasteiger partial charge is 0.250 e. The number of rotatable bonds is 4. The Kier molecular flexibility index (Phi) is 4.72. The predicted molar refractivity (Wildman–Crippen MR) is 111 cm³/mol. The number of halogens is 1. The minimum atomic E-state index is 0.0482. The molecule has 0 unspecified atom stereocenters. The number of para-hydroxylation sites is 1. The molecule has 2 aromatic heterocycles. The van der Waals surface area contributed by atoms with E-state index in [-0.39, 0.29) is 23.8 Å². The second-order valence-electron chi connectivity index (χ2n) is 7.70. The first-order valence-electron chi connectivity index (χ1n) is 9.84. The Bertz CT molecular complexity index is 1200. The number of piperidine rings is 1. The van der Waals surface area contributed by atoms with Gasteiger partial charge in [-0.3, -0.25) is 4.79 Å². The summed E-state index contributed by atoms with van der Waals surface area (Å²) in [7, 11) is 0. The number of fused-ring (bicyclic) bond motifs is 4. The number of aromatic nitrogens is 2. The Morgan fingerprint density at radius 3 is 2.90 bits per heavy atom. The SMILES string of the molecule is N#Cc1nc(COc2ccccc2Cl)oc1N1C[C@@H]2C[C@H](C1)c1cccc(=O)n1C2. The first-order valence-corrected chi connectivity index (χ1v) is 10.2. The van der Waals surface area contributed by atoms with Gasteiger partial charge in [0, 0.05) is 37.3 Å². The number of anilines is 1. The molecule has 0 N–H and O–H groups in total. The molecule has 0 saturated carbocycles. The molecule has 0 amide bonds. The lowest BCUT2D eigenvalue weighted by atomic mass is 9.83. The van der Waals surface area contributed by atoms with Crippen LogP contribution in [0.2, 0.25) is 5.02 Å². The summed E-state index contributed by atoms with van der Waals surface area (Å²) < 4.78 is 13.5. The summed E-state index contributed by atoms with van der Waals surface area (Å²) in [6.45, 7) is 2.15. The largest absolute Gasteiger partial charge is 0.482 e. The lowest BCUT2D eigenvalue weighted by Crippen LogP contribution is -2.47. The molecule has 1 saturated heterocycles. The molecule has 3 aromatic rings. The summed E-state index contributed by atoms with van der Waals surface area (Å²) in [4.78, 5) is 18.6. The van der Waals surface area contributed by atoms with Gasteiger partial charge in [0.05, 0.1) is 5.02 Å². The number of oxazole rings is 1. The van der Waals surface area contributed by atoms with Crippen LogP contribution in [0.4, 0.5) is 5.88 Å². The van der Waals surface area contributed by atoms with Crippen LogP contribution in [-0.4, -0.2) is 22.6 Å². The van der Waals surface area contributed by atoms with E-state index in [1.54, 1.807) is 18.2 Å². The topological polar surface area (TPSA) is 84.3 Å². The van der Waals surface area contributed by atoms with Gasteiger partial charge in [0.15, 0.2) is 6.61 Å². The van der Waals surface area contributed by atoms with Crippen molar-refractivity contribution in [2.75, 3.05) is 18.0 Å². The maximum absolute atomic E-state index is 12.2. The molecule has 0 spiro atoms. The molecule has 0 aliphatic carbocycles. The maximum Gasteiger partial charge on any atom is 0.250 e. The lowest BCUT2D eigenvalue weighted by Gasteiger charge is -2.42. The first kappa shape index (κ1) is 18.8. The molecule has 30 heavy (non-hydrogen) atoms. The van der Waals surface area contributed by atoms with Crippen LogP contribution in [0.25, 0.3) is 0 Å². The van der Waals surface area contributed by atoms with Gasteiger partial charge < -0.3 is 18.6 Å². The second kappa shape index (κ2) is 7.54. The summed E-state index contributed by atoms with van der Waals surface area (Å²) in [6.07, 6.45) is 1.03. The van der Waals surface area contributed by atoms with Crippen LogP contribution in [0, 0.1) is 17.2 Å². The number of nitriles is 1. The van der Waals surface area contributed by atoms with E-state index in [1.807, 2.05) is 28.8 Å². The molecule has 2 atom stereocenters. The molecule has 2 aliphatic heterocycles. The van der Waals surface area contributed by atoms with Gasteiger partial charge in [0.25, 0.3) is 5.56 Å². The first-order chi connectivity index (χ1) is 14.6. The number of hydrogen-bond donors (Lipinski definition) is 0. The molecular weight excluding hydrogens is 404 g/mol. The second-order valence-corrected chi connectivity index (χ2v) is 8.10. The number of nitrogens with zero attached hydrogens (tertiary/aromatic N) is 4. The van der Waals surface area contributed by atoms with Crippen molar-refractivity contribution in [3.05, 3.63) is 75.1 Å². The quantitative estimate of drug-likeness (QED) is 0.639. The van der Waals surface area contributed by atoms with Crippen molar-refractivity contribution in [1.29, 1.82) is 5.26 Å². The molecule has 2 bridgehead atoms. The Hall–Kier alpha value is -3.24. The summed E-state index contributed by atoms with van der Waals surface area (Å²) >= 11 is 6.12. The van der Waals surface area contributed by atoms with Crippen molar-refractivity contribution < 1.29 is 9.15 Å². The van der Waals surface area contributed by atoms with Gasteiger partial charge in [0.1, 0.15) is 11.8 Å². The minimum Gasteiger partial charge on any atom is -0.482 e. The Morgan fingerprint density at radius 2 is 2.07 bits per heavy atom. The Morgan fingerprint density at radius 1 is 1.20 bits per heavy atom. The van der Waals surface area contributed by atoms with Crippen LogP contribution in [0.3, 0.4) is 0 Å². The highest BCUT2D eigenvalue weighted by atomic mass is 35.5. The molecule has 8 heteroatoms. The van der Waals surface area contributed by atoms with E-state index in [0.29, 0.717) is 48.1 Å². The van der Waals surface area contributed by atoms with Crippen molar-refractivity contribution in [2.24, 2.45) is 5.92 Å². The van der Waals surface area contributed by atoms with E-state index in [9.17, 15) is 10.1 Å². The fourth-order valence-electron chi connectivity index (χ4n) is 4.47. The zero-order valence-electron chi connectivity index (χ0n) is 16.1. The molecule has 152 valence electrons. The molecular formula is C22H19ClN4O3. The fourth-order valence-corrected chi connectivity index (χ4v) is 4.66. The molecule has 1 aromatic carbocycles. The number of benzene rings is 1. The zero-order valence-corrected chi connectivity index (χ0v) is 16.9. The van der Waals surface area contributed by atoms with Gasteiger partial charge in [-0.1, -0.05) is 29.8 Å². The van der Waals surface area contributed by atoms with E-state index in [4.69, 9.17) is 20.8 Å². The Labute approximate surface area is 178 Å². The van der Waals surface area contributed by atoms with Crippen molar-refractivity contribution in [1.82, 2.24) is 9.55 Å². The van der Waals surface area contributed by atoms with Gasteiger partial charge in [-0.2, -0.15) is 10.2 Å². The van der Waals surface area contributed by atoms with Gasteiger partial charge in [-0.15, -0.1) is 0 Å². The molecule has 4 heterocycles. The number of pyridine rings is 1. The Balaban J connectivity index is 1.38. The van der Waals surface area contributed by atoms with E-state index in [1.165, 1.54) is 0 Å². The van der Waals surface area contributed by atoms with Crippen LogP contribution in [0.15, 0.2) is 51.7 Å². The summed E-state index contributed by atoms with van der Waals surface area (Å²) in [6, 6.07) is 14.7. The van der Waals surface area contributed by atoms with Crippen LogP contribution in [0.5, 0.6) is 5.75 Å². The van der Waals surface area contributed by atoms with Gasteiger partial charge in [-0.25, -0.2) is 0 Å². The lowest BCUT2D eigenvalue weighted by molar-refractivity contribution is 0.254. The highest BCUT2D eigenvalue weighted by Crippen LogP contribution is 2.38. The maximum atomic E-state index is 12.2. The third kappa shape index (κ3) is 3.33. The summed E-state index contributed by atoms with van der Waals surface area (Å²) in [5, 5.41) is 10.1. The highest BCUT2D eigenvalue weighted by Gasteiger charge is 2.36. The minimum absolute atomic E-state index is 0.0482. The molecule has 0 radical (unpaired) electrons. The van der Waals surface area contributed by atoms with Crippen molar-refractivity contribution in [3.63, 3.8) is 0 Å². The predicted octanol–water partition coefficient (Wildman–Crippen LogP) is 3.56. The van der Waals surface area contributed by atoms with E-state index < -0.39 is 0 Å².